The summed E-state index contributed by atoms with van der Waals surface area (Å²) in [7, 11) is 4.34. The molecule has 0 fully saturated rings. The lowest BCUT2D eigenvalue weighted by molar-refractivity contribution is -0.138. The summed E-state index contributed by atoms with van der Waals surface area (Å²) in [4.78, 5) is 21.3. The number of likely N-dealkylation sites (N-methyl/N-ethyl adjacent to an activating group) is 1. The molecule has 0 aliphatic carbocycles. The topological polar surface area (TPSA) is 73.8 Å². The van der Waals surface area contributed by atoms with E-state index >= 15 is 0 Å². The van der Waals surface area contributed by atoms with Crippen LogP contribution < -0.4 is 14.4 Å². The molecule has 0 saturated heterocycles. The van der Waals surface area contributed by atoms with Gasteiger partial charge < -0.3 is 19.1 Å². The fraction of sp³-hybridized carbons (Fsp3) is 0.545. The molecule has 0 amide bonds. The number of methoxy groups -OCH3 is 3. The number of esters is 1. The van der Waals surface area contributed by atoms with Gasteiger partial charge in [0.2, 0.25) is 17.7 Å². The third-order valence-corrected chi connectivity index (χ3v) is 2.30. The summed E-state index contributed by atoms with van der Waals surface area (Å²) in [5.41, 5.74) is 0. The standard InChI is InChI=1S/C11H17N3O4/c1-5-14(7-10(15)18-4)11-12-8(16-2)6-9(13-11)17-3/h6H,5,7H2,1-4H3. The maximum Gasteiger partial charge on any atom is 0.325 e. The van der Waals surface area contributed by atoms with Crippen LogP contribution in [0.3, 0.4) is 0 Å². The van der Waals surface area contributed by atoms with Gasteiger partial charge in [0.15, 0.2) is 0 Å². The lowest BCUT2D eigenvalue weighted by Gasteiger charge is -2.19. The van der Waals surface area contributed by atoms with E-state index in [1.54, 1.807) is 11.0 Å². The Kier molecular flexibility index (Phi) is 5.16. The Hall–Kier alpha value is -2.05. The van der Waals surface area contributed by atoms with Crippen LogP contribution in [0.4, 0.5) is 5.95 Å². The third-order valence-electron chi connectivity index (χ3n) is 2.30. The summed E-state index contributed by atoms with van der Waals surface area (Å²) < 4.78 is 14.7. The average Bonchev–Trinajstić information content (AvgIpc) is 2.43. The molecule has 0 unspecified atom stereocenters. The predicted octanol–water partition coefficient (Wildman–Crippen LogP) is 0.493. The van der Waals surface area contributed by atoms with Crippen molar-refractivity contribution in [2.75, 3.05) is 39.3 Å². The number of ether oxygens (including phenoxy) is 3. The van der Waals surface area contributed by atoms with E-state index in [2.05, 4.69) is 14.7 Å². The molecule has 0 aliphatic rings. The highest BCUT2D eigenvalue weighted by Gasteiger charge is 2.15. The maximum absolute atomic E-state index is 11.3. The van der Waals surface area contributed by atoms with Gasteiger partial charge in [0, 0.05) is 6.54 Å². The molecule has 18 heavy (non-hydrogen) atoms. The fourth-order valence-electron chi connectivity index (χ4n) is 1.29. The van der Waals surface area contributed by atoms with E-state index in [-0.39, 0.29) is 12.5 Å². The van der Waals surface area contributed by atoms with Crippen molar-refractivity contribution in [3.05, 3.63) is 6.07 Å². The lowest BCUT2D eigenvalue weighted by Crippen LogP contribution is -2.31. The molecule has 100 valence electrons. The van der Waals surface area contributed by atoms with Crippen molar-refractivity contribution < 1.29 is 19.0 Å². The van der Waals surface area contributed by atoms with Crippen LogP contribution in [-0.4, -0.2) is 50.4 Å². The highest BCUT2D eigenvalue weighted by molar-refractivity contribution is 5.74. The van der Waals surface area contributed by atoms with Gasteiger partial charge in [-0.1, -0.05) is 0 Å². The van der Waals surface area contributed by atoms with E-state index in [9.17, 15) is 4.79 Å². The molecule has 1 heterocycles. The Bertz CT molecular complexity index is 389. The van der Waals surface area contributed by atoms with Gasteiger partial charge in [-0.05, 0) is 6.92 Å². The van der Waals surface area contributed by atoms with Gasteiger partial charge in [-0.25, -0.2) is 0 Å². The number of hydrogen-bond acceptors (Lipinski definition) is 7. The van der Waals surface area contributed by atoms with Crippen molar-refractivity contribution in [3.63, 3.8) is 0 Å². The summed E-state index contributed by atoms with van der Waals surface area (Å²) in [5.74, 6) is 0.752. The second-order valence-corrected chi connectivity index (χ2v) is 3.34. The first kappa shape index (κ1) is 14.0. The smallest absolute Gasteiger partial charge is 0.325 e. The minimum Gasteiger partial charge on any atom is -0.481 e. The van der Waals surface area contributed by atoms with Crippen LogP contribution in [-0.2, 0) is 9.53 Å². The number of nitrogens with zero attached hydrogens (tertiary/aromatic N) is 3. The van der Waals surface area contributed by atoms with E-state index < -0.39 is 0 Å². The first-order valence-corrected chi connectivity index (χ1v) is 5.43. The molecule has 1 rings (SSSR count). The lowest BCUT2D eigenvalue weighted by atomic mass is 10.5. The van der Waals surface area contributed by atoms with Crippen LogP contribution >= 0.6 is 0 Å². The fourth-order valence-corrected chi connectivity index (χ4v) is 1.29. The highest BCUT2D eigenvalue weighted by Crippen LogP contribution is 2.19. The molecule has 0 aliphatic heterocycles. The Morgan fingerprint density at radius 3 is 2.17 bits per heavy atom. The van der Waals surface area contributed by atoms with E-state index in [0.717, 1.165) is 0 Å². The van der Waals surface area contributed by atoms with Gasteiger partial charge in [0.25, 0.3) is 0 Å². The van der Waals surface area contributed by atoms with Gasteiger partial charge in [0.1, 0.15) is 6.54 Å². The summed E-state index contributed by atoms with van der Waals surface area (Å²) in [6.45, 7) is 2.52. The third kappa shape index (κ3) is 3.47. The second-order valence-electron chi connectivity index (χ2n) is 3.34. The zero-order valence-corrected chi connectivity index (χ0v) is 11.0. The van der Waals surface area contributed by atoms with Gasteiger partial charge in [-0.2, -0.15) is 9.97 Å². The van der Waals surface area contributed by atoms with Crippen molar-refractivity contribution in [2.45, 2.75) is 6.92 Å². The number of carbonyl (C=O) groups excluding carboxylic acids is 1. The molecule has 0 bridgehead atoms. The minimum absolute atomic E-state index is 0.0727. The van der Waals surface area contributed by atoms with Gasteiger partial charge >= 0.3 is 5.97 Å². The van der Waals surface area contributed by atoms with Crippen LogP contribution in [0.2, 0.25) is 0 Å². The van der Waals surface area contributed by atoms with Crippen LogP contribution in [0, 0.1) is 0 Å². The highest BCUT2D eigenvalue weighted by atomic mass is 16.5. The molecule has 0 saturated carbocycles. The van der Waals surface area contributed by atoms with E-state index in [1.807, 2.05) is 6.92 Å². The Morgan fingerprint density at radius 1 is 1.22 bits per heavy atom. The summed E-state index contributed by atoms with van der Waals surface area (Å²) in [6.07, 6.45) is 0. The SMILES string of the molecule is CCN(CC(=O)OC)c1nc(OC)cc(OC)n1. The van der Waals surface area contributed by atoms with Gasteiger partial charge in [-0.15, -0.1) is 0 Å². The van der Waals surface area contributed by atoms with Crippen molar-refractivity contribution in [3.8, 4) is 11.8 Å². The molecule has 0 radical (unpaired) electrons. The number of carbonyl (C=O) groups is 1. The first-order chi connectivity index (χ1) is 8.64. The number of rotatable bonds is 6. The molecule has 0 N–H and O–H groups in total. The Morgan fingerprint density at radius 2 is 1.78 bits per heavy atom. The number of aromatic nitrogens is 2. The molecule has 7 heteroatoms. The predicted molar refractivity (Wildman–Crippen MR) is 65.0 cm³/mol. The van der Waals surface area contributed by atoms with Crippen LogP contribution in [0.15, 0.2) is 6.07 Å². The maximum atomic E-state index is 11.3. The van der Waals surface area contributed by atoms with Crippen molar-refractivity contribution >= 4 is 11.9 Å². The van der Waals surface area contributed by atoms with E-state index in [1.165, 1.54) is 21.3 Å². The van der Waals surface area contributed by atoms with Crippen LogP contribution in [0.1, 0.15) is 6.92 Å². The molecule has 0 aromatic carbocycles. The zero-order chi connectivity index (χ0) is 13.5. The minimum atomic E-state index is -0.359. The molecule has 1 aromatic heterocycles. The van der Waals surface area contributed by atoms with Gasteiger partial charge in [0.05, 0.1) is 27.4 Å². The van der Waals surface area contributed by atoms with Crippen LogP contribution in [0.25, 0.3) is 0 Å². The molecule has 0 spiro atoms. The van der Waals surface area contributed by atoms with Crippen LogP contribution in [0.5, 0.6) is 11.8 Å². The molecule has 0 atom stereocenters. The van der Waals surface area contributed by atoms with E-state index in [0.29, 0.717) is 24.3 Å². The largest absolute Gasteiger partial charge is 0.481 e. The van der Waals surface area contributed by atoms with Crippen molar-refractivity contribution in [1.82, 2.24) is 9.97 Å². The quantitative estimate of drug-likeness (QED) is 0.685. The second kappa shape index (κ2) is 6.63. The average molecular weight is 255 g/mol. The van der Waals surface area contributed by atoms with Gasteiger partial charge in [-0.3, -0.25) is 4.79 Å². The van der Waals surface area contributed by atoms with Crippen molar-refractivity contribution in [2.24, 2.45) is 0 Å². The summed E-state index contributed by atoms with van der Waals surface area (Å²) in [6, 6.07) is 1.56. The monoisotopic (exact) mass is 255 g/mol. The summed E-state index contributed by atoms with van der Waals surface area (Å²) >= 11 is 0. The molecule has 7 nitrogen and oxygen atoms in total. The molecular weight excluding hydrogens is 238 g/mol. The Labute approximate surface area is 106 Å². The normalized spacial score (nSPS) is 9.78. The molecular formula is C11H17N3O4. The Balaban J connectivity index is 3.00. The number of hydrogen-bond donors (Lipinski definition) is 0. The van der Waals surface area contributed by atoms with E-state index in [4.69, 9.17) is 9.47 Å². The zero-order valence-electron chi connectivity index (χ0n) is 11.0. The molecule has 1 aromatic rings. The number of anilines is 1. The first-order valence-electron chi connectivity index (χ1n) is 5.43. The van der Waals surface area contributed by atoms with Crippen molar-refractivity contribution in [1.29, 1.82) is 0 Å². The summed E-state index contributed by atoms with van der Waals surface area (Å²) in [5, 5.41) is 0.